The third-order valence-electron chi connectivity index (χ3n) is 2.03. The molecule has 7 nitrogen and oxygen atoms in total. The Bertz CT molecular complexity index is 594. The van der Waals surface area contributed by atoms with Gasteiger partial charge in [0, 0.05) is 0 Å². The smallest absolute Gasteiger partial charge is 0.343 e. The number of aliphatic carboxylic acids is 2. The minimum absolute atomic E-state index is 0.239. The van der Waals surface area contributed by atoms with Crippen LogP contribution in [0.3, 0.4) is 0 Å². The van der Waals surface area contributed by atoms with Crippen LogP contribution in [-0.4, -0.2) is 27.1 Å². The first-order valence-corrected chi connectivity index (χ1v) is 4.55. The molecule has 0 heterocycles. The van der Waals surface area contributed by atoms with Gasteiger partial charge in [0.25, 0.3) is 5.69 Å². The minimum atomic E-state index is -1.87. The van der Waals surface area contributed by atoms with Crippen molar-refractivity contribution in [1.29, 1.82) is 0 Å². The molecule has 19 heavy (non-hydrogen) atoms. The Morgan fingerprint density at radius 2 is 1.63 bits per heavy atom. The Morgan fingerprint density at radius 1 is 1.16 bits per heavy atom. The predicted molar refractivity (Wildman–Crippen MR) is 56.3 cm³/mol. The molecule has 0 aliphatic rings. The number of benzene rings is 1. The summed E-state index contributed by atoms with van der Waals surface area (Å²) < 4.78 is 25.8. The van der Waals surface area contributed by atoms with Gasteiger partial charge in [-0.2, -0.15) is 0 Å². The summed E-state index contributed by atoms with van der Waals surface area (Å²) in [6, 6.07) is 0.585. The molecule has 1 aromatic rings. The summed E-state index contributed by atoms with van der Waals surface area (Å²) >= 11 is 0. The molecule has 0 aromatic heterocycles. The number of carbonyl (C=O) groups is 2. The van der Waals surface area contributed by atoms with Gasteiger partial charge in [-0.25, -0.2) is 18.4 Å². The van der Waals surface area contributed by atoms with E-state index in [1.54, 1.807) is 0 Å². The van der Waals surface area contributed by atoms with Crippen molar-refractivity contribution in [3.05, 3.63) is 45.0 Å². The van der Waals surface area contributed by atoms with E-state index in [0.29, 0.717) is 12.1 Å². The van der Waals surface area contributed by atoms with Gasteiger partial charge in [0.15, 0.2) is 11.6 Å². The molecule has 9 heteroatoms. The maximum atomic E-state index is 13.0. The van der Waals surface area contributed by atoms with E-state index in [2.05, 4.69) is 0 Å². The first-order valence-electron chi connectivity index (χ1n) is 4.55. The van der Waals surface area contributed by atoms with E-state index in [1.165, 1.54) is 0 Å². The highest BCUT2D eigenvalue weighted by molar-refractivity contribution is 6.16. The van der Waals surface area contributed by atoms with Gasteiger partial charge in [0.1, 0.15) is 5.57 Å². The van der Waals surface area contributed by atoms with Crippen LogP contribution >= 0.6 is 0 Å². The van der Waals surface area contributed by atoms with Crippen LogP contribution in [0.4, 0.5) is 14.5 Å². The number of halogens is 2. The molecule has 0 aliphatic carbocycles. The SMILES string of the molecule is O=C(O)C(=Cc1cc(F)c(F)cc1[N+](=O)[O-])C(=O)O. The van der Waals surface area contributed by atoms with E-state index < -0.39 is 45.3 Å². The van der Waals surface area contributed by atoms with Gasteiger partial charge in [-0.3, -0.25) is 10.1 Å². The van der Waals surface area contributed by atoms with Crippen molar-refractivity contribution in [3.63, 3.8) is 0 Å². The fraction of sp³-hybridized carbons (Fsp3) is 0. The maximum absolute atomic E-state index is 13.0. The normalized spacial score (nSPS) is 9.79. The molecule has 0 bridgehead atoms. The third-order valence-corrected chi connectivity index (χ3v) is 2.03. The summed E-state index contributed by atoms with van der Waals surface area (Å²) in [7, 11) is 0. The number of carboxylic acids is 2. The van der Waals surface area contributed by atoms with E-state index in [0.717, 1.165) is 0 Å². The molecule has 0 amide bonds. The standard InChI is InChI=1S/C10H5F2NO6/c11-6-2-4(1-5(9(14)15)10(16)17)8(13(18)19)3-7(6)12/h1-3H,(H,14,15)(H,16,17). The van der Waals surface area contributed by atoms with Gasteiger partial charge < -0.3 is 10.2 Å². The van der Waals surface area contributed by atoms with Gasteiger partial charge >= 0.3 is 11.9 Å². The number of hydrogen-bond donors (Lipinski definition) is 2. The predicted octanol–water partition coefficient (Wildman–Crippen LogP) is 1.43. The highest BCUT2D eigenvalue weighted by atomic mass is 19.2. The van der Waals surface area contributed by atoms with Crippen molar-refractivity contribution < 1.29 is 33.5 Å². The lowest BCUT2D eigenvalue weighted by Gasteiger charge is -2.01. The van der Waals surface area contributed by atoms with Crippen LogP contribution in [0.15, 0.2) is 17.7 Å². The average molecular weight is 273 g/mol. The van der Waals surface area contributed by atoms with Crippen LogP contribution in [0.25, 0.3) is 6.08 Å². The Kier molecular flexibility index (Phi) is 3.90. The molecule has 0 atom stereocenters. The number of nitro benzene ring substituents is 1. The zero-order valence-electron chi connectivity index (χ0n) is 8.96. The summed E-state index contributed by atoms with van der Waals surface area (Å²) in [4.78, 5) is 30.7. The number of nitrogens with zero attached hydrogens (tertiary/aromatic N) is 1. The van der Waals surface area contributed by atoms with Gasteiger partial charge in [-0.15, -0.1) is 0 Å². The van der Waals surface area contributed by atoms with Crippen molar-refractivity contribution in [2.45, 2.75) is 0 Å². The van der Waals surface area contributed by atoms with Gasteiger partial charge in [-0.05, 0) is 12.1 Å². The Hall–Kier alpha value is -2.84. The molecular formula is C10H5F2NO6. The lowest BCUT2D eigenvalue weighted by Crippen LogP contribution is -2.11. The molecule has 0 radical (unpaired) electrons. The van der Waals surface area contributed by atoms with Crippen LogP contribution < -0.4 is 0 Å². The van der Waals surface area contributed by atoms with E-state index in [9.17, 15) is 28.5 Å². The molecule has 0 aliphatic heterocycles. The first kappa shape index (κ1) is 14.2. The van der Waals surface area contributed by atoms with Crippen LogP contribution in [0.5, 0.6) is 0 Å². The van der Waals surface area contributed by atoms with Crippen LogP contribution in [0.1, 0.15) is 5.56 Å². The second-order valence-corrected chi connectivity index (χ2v) is 3.25. The molecule has 0 saturated carbocycles. The number of nitro groups is 1. The zero-order chi connectivity index (χ0) is 14.7. The second-order valence-electron chi connectivity index (χ2n) is 3.25. The van der Waals surface area contributed by atoms with Gasteiger partial charge in [-0.1, -0.05) is 0 Å². The summed E-state index contributed by atoms with van der Waals surface area (Å²) in [5, 5.41) is 27.7. The zero-order valence-corrected chi connectivity index (χ0v) is 8.96. The first-order chi connectivity index (χ1) is 8.73. The van der Waals surface area contributed by atoms with Crippen molar-refractivity contribution in [2.24, 2.45) is 0 Å². The number of hydrogen-bond acceptors (Lipinski definition) is 4. The van der Waals surface area contributed by atoms with Crippen molar-refractivity contribution in [2.75, 3.05) is 0 Å². The monoisotopic (exact) mass is 273 g/mol. The van der Waals surface area contributed by atoms with Crippen LogP contribution in [-0.2, 0) is 9.59 Å². The Labute approximate surface area is 103 Å². The van der Waals surface area contributed by atoms with Crippen molar-refractivity contribution >= 4 is 23.7 Å². The average Bonchev–Trinajstić information content (AvgIpc) is 2.28. The van der Waals surface area contributed by atoms with Gasteiger partial charge in [0.05, 0.1) is 16.6 Å². The summed E-state index contributed by atoms with van der Waals surface area (Å²) in [5.41, 5.74) is -2.82. The topological polar surface area (TPSA) is 118 Å². The highest BCUT2D eigenvalue weighted by Gasteiger charge is 2.22. The van der Waals surface area contributed by atoms with Gasteiger partial charge in [0.2, 0.25) is 0 Å². The molecule has 1 rings (SSSR count). The molecule has 0 fully saturated rings. The molecule has 0 spiro atoms. The van der Waals surface area contributed by atoms with Crippen molar-refractivity contribution in [1.82, 2.24) is 0 Å². The Balaban J connectivity index is 3.53. The summed E-state index contributed by atoms with van der Waals surface area (Å²) in [6.45, 7) is 0. The third kappa shape index (κ3) is 3.09. The second kappa shape index (κ2) is 5.21. The minimum Gasteiger partial charge on any atom is -0.477 e. The lowest BCUT2D eigenvalue weighted by atomic mass is 10.1. The van der Waals surface area contributed by atoms with Crippen LogP contribution in [0.2, 0.25) is 0 Å². The molecule has 0 saturated heterocycles. The van der Waals surface area contributed by atoms with E-state index in [-0.39, 0.29) is 6.07 Å². The van der Waals surface area contributed by atoms with E-state index in [4.69, 9.17) is 10.2 Å². The van der Waals surface area contributed by atoms with E-state index >= 15 is 0 Å². The summed E-state index contributed by atoms with van der Waals surface area (Å²) in [5.74, 6) is -6.71. The van der Waals surface area contributed by atoms with Crippen LogP contribution in [0, 0.1) is 21.7 Å². The largest absolute Gasteiger partial charge is 0.477 e. The molecule has 0 unspecified atom stereocenters. The van der Waals surface area contributed by atoms with Crippen molar-refractivity contribution in [3.8, 4) is 0 Å². The Morgan fingerprint density at radius 3 is 2.05 bits per heavy atom. The fourth-order valence-electron chi connectivity index (χ4n) is 1.20. The number of rotatable bonds is 4. The summed E-state index contributed by atoms with van der Waals surface area (Å²) in [6.07, 6.45) is 0.380. The fourth-order valence-corrected chi connectivity index (χ4v) is 1.20. The molecule has 1 aromatic carbocycles. The molecule has 2 N–H and O–H groups in total. The highest BCUT2D eigenvalue weighted by Crippen LogP contribution is 2.24. The number of carboxylic acid groups (broad SMARTS) is 2. The molecule has 100 valence electrons. The molecular weight excluding hydrogens is 268 g/mol. The maximum Gasteiger partial charge on any atom is 0.343 e. The van der Waals surface area contributed by atoms with E-state index in [1.807, 2.05) is 0 Å². The quantitative estimate of drug-likeness (QED) is 0.281. The lowest BCUT2D eigenvalue weighted by molar-refractivity contribution is -0.385.